The molecule has 2 aromatic rings. The summed E-state index contributed by atoms with van der Waals surface area (Å²) < 4.78 is 8.08. The summed E-state index contributed by atoms with van der Waals surface area (Å²) in [5.41, 5.74) is 2.39. The predicted molar refractivity (Wildman–Crippen MR) is 126 cm³/mol. The van der Waals surface area contributed by atoms with Gasteiger partial charge in [-0.2, -0.15) is 5.10 Å². The maximum Gasteiger partial charge on any atom is 0.191 e. The van der Waals surface area contributed by atoms with Gasteiger partial charge in [-0.1, -0.05) is 18.6 Å². The monoisotopic (exact) mass is 424 g/mol. The molecule has 1 aromatic heterocycles. The molecule has 1 aliphatic carbocycles. The van der Waals surface area contributed by atoms with Crippen LogP contribution in [0.4, 0.5) is 5.69 Å². The first-order valence-corrected chi connectivity index (χ1v) is 11.7. The van der Waals surface area contributed by atoms with E-state index in [2.05, 4.69) is 56.1 Å². The highest BCUT2D eigenvalue weighted by molar-refractivity contribution is 5.80. The fourth-order valence-electron chi connectivity index (χ4n) is 4.58. The Morgan fingerprint density at radius 1 is 1.19 bits per heavy atom. The molecule has 31 heavy (non-hydrogen) atoms. The van der Waals surface area contributed by atoms with Crippen molar-refractivity contribution in [1.29, 1.82) is 0 Å². The van der Waals surface area contributed by atoms with Crippen molar-refractivity contribution in [2.24, 2.45) is 12.0 Å². The van der Waals surface area contributed by atoms with Crippen molar-refractivity contribution in [3.63, 3.8) is 0 Å². The van der Waals surface area contributed by atoms with Crippen molar-refractivity contribution in [2.45, 2.75) is 63.6 Å². The number of benzene rings is 1. The Morgan fingerprint density at radius 3 is 2.84 bits per heavy atom. The van der Waals surface area contributed by atoms with Crippen molar-refractivity contribution in [1.82, 2.24) is 20.4 Å². The van der Waals surface area contributed by atoms with Gasteiger partial charge in [0.25, 0.3) is 0 Å². The highest BCUT2D eigenvalue weighted by Gasteiger charge is 2.22. The lowest BCUT2D eigenvalue weighted by atomic mass is 9.98. The third kappa shape index (κ3) is 6.15. The van der Waals surface area contributed by atoms with Gasteiger partial charge in [0, 0.05) is 46.0 Å². The molecule has 2 N–H and O–H groups in total. The van der Waals surface area contributed by atoms with E-state index in [1.807, 2.05) is 25.0 Å². The average molecular weight is 425 g/mol. The standard InChI is InChI=1S/C24H36N6O/c1-25-24(28-20-9-7-13-30(17-20)21-16-27-29(2)18-21)26-15-19-8-6-12-23(14-19)31-22-10-4-3-5-11-22/h6,8,12,14,16,18,20,22H,3-5,7,9-11,13,15,17H2,1-2H3,(H2,25,26,28). The number of anilines is 1. The number of hydrogen-bond acceptors (Lipinski definition) is 4. The Hall–Kier alpha value is -2.70. The van der Waals surface area contributed by atoms with Crippen molar-refractivity contribution in [3.8, 4) is 5.75 Å². The van der Waals surface area contributed by atoms with E-state index in [4.69, 9.17) is 4.74 Å². The lowest BCUT2D eigenvalue weighted by Crippen LogP contribution is -2.51. The lowest BCUT2D eigenvalue weighted by molar-refractivity contribution is 0.155. The third-order valence-corrected chi connectivity index (χ3v) is 6.26. The largest absolute Gasteiger partial charge is 0.490 e. The first-order chi connectivity index (χ1) is 15.2. The van der Waals surface area contributed by atoms with Crippen LogP contribution in [0.5, 0.6) is 5.75 Å². The summed E-state index contributed by atoms with van der Waals surface area (Å²) in [6, 6.07) is 8.80. The van der Waals surface area contributed by atoms with Gasteiger partial charge in [-0.3, -0.25) is 9.67 Å². The molecular formula is C24H36N6O. The minimum atomic E-state index is 0.362. The second-order valence-electron chi connectivity index (χ2n) is 8.75. The molecule has 1 saturated carbocycles. The van der Waals surface area contributed by atoms with E-state index in [-0.39, 0.29) is 0 Å². The van der Waals surface area contributed by atoms with Gasteiger partial charge < -0.3 is 20.3 Å². The quantitative estimate of drug-likeness (QED) is 0.549. The number of nitrogens with one attached hydrogen (secondary N) is 2. The number of rotatable bonds is 6. The molecule has 1 saturated heterocycles. The summed E-state index contributed by atoms with van der Waals surface area (Å²) in [7, 11) is 3.80. The second kappa shape index (κ2) is 10.6. The molecule has 1 aliphatic heterocycles. The van der Waals surface area contributed by atoms with E-state index in [0.717, 1.165) is 44.2 Å². The molecule has 7 nitrogen and oxygen atoms in total. The Kier molecular flexibility index (Phi) is 7.33. The Morgan fingerprint density at radius 2 is 2.06 bits per heavy atom. The zero-order chi connectivity index (χ0) is 21.5. The van der Waals surface area contributed by atoms with Gasteiger partial charge in [0.15, 0.2) is 5.96 Å². The number of nitrogens with zero attached hydrogens (tertiary/aromatic N) is 4. The number of aryl methyl sites for hydroxylation is 1. The Labute approximate surface area is 185 Å². The second-order valence-corrected chi connectivity index (χ2v) is 8.75. The van der Waals surface area contributed by atoms with E-state index in [9.17, 15) is 0 Å². The minimum absolute atomic E-state index is 0.362. The fraction of sp³-hybridized carbons (Fsp3) is 0.583. The number of aliphatic imine (C=N–C) groups is 1. The van der Waals surface area contributed by atoms with E-state index in [1.54, 1.807) is 0 Å². The molecule has 1 aromatic carbocycles. The highest BCUT2D eigenvalue weighted by Crippen LogP contribution is 2.24. The summed E-state index contributed by atoms with van der Waals surface area (Å²) in [5, 5.41) is 11.4. The van der Waals surface area contributed by atoms with Crippen LogP contribution >= 0.6 is 0 Å². The predicted octanol–water partition coefficient (Wildman–Crippen LogP) is 3.47. The Balaban J connectivity index is 1.28. The topological polar surface area (TPSA) is 66.7 Å². The molecule has 0 spiro atoms. The molecule has 2 fully saturated rings. The van der Waals surface area contributed by atoms with E-state index in [1.165, 1.54) is 43.4 Å². The van der Waals surface area contributed by atoms with Crippen molar-refractivity contribution < 1.29 is 4.74 Å². The number of hydrogen-bond donors (Lipinski definition) is 2. The van der Waals surface area contributed by atoms with Crippen LogP contribution in [0.1, 0.15) is 50.5 Å². The molecular weight excluding hydrogens is 388 g/mol. The van der Waals surface area contributed by atoms with Crippen LogP contribution in [-0.2, 0) is 13.6 Å². The molecule has 2 heterocycles. The number of piperidine rings is 1. The highest BCUT2D eigenvalue weighted by atomic mass is 16.5. The van der Waals surface area contributed by atoms with Crippen molar-refractivity contribution in [3.05, 3.63) is 42.2 Å². The maximum absolute atomic E-state index is 6.22. The van der Waals surface area contributed by atoms with E-state index >= 15 is 0 Å². The van der Waals surface area contributed by atoms with Crippen LogP contribution in [0.2, 0.25) is 0 Å². The average Bonchev–Trinajstić information content (AvgIpc) is 3.24. The van der Waals surface area contributed by atoms with Gasteiger partial charge in [0.05, 0.1) is 18.0 Å². The number of guanidine groups is 1. The summed E-state index contributed by atoms with van der Waals surface area (Å²) in [4.78, 5) is 6.84. The van der Waals surface area contributed by atoms with E-state index < -0.39 is 0 Å². The third-order valence-electron chi connectivity index (χ3n) is 6.26. The van der Waals surface area contributed by atoms with Gasteiger partial charge in [-0.05, 0) is 56.2 Å². The summed E-state index contributed by atoms with van der Waals surface area (Å²) in [6.07, 6.45) is 13.0. The zero-order valence-electron chi connectivity index (χ0n) is 18.9. The van der Waals surface area contributed by atoms with Crippen LogP contribution in [0.25, 0.3) is 0 Å². The number of aromatic nitrogens is 2. The molecule has 1 unspecified atom stereocenters. The van der Waals surface area contributed by atoms with Crippen LogP contribution < -0.4 is 20.3 Å². The molecule has 7 heteroatoms. The van der Waals surface area contributed by atoms with E-state index in [0.29, 0.717) is 12.1 Å². The van der Waals surface area contributed by atoms with Gasteiger partial charge in [-0.15, -0.1) is 0 Å². The molecule has 1 atom stereocenters. The molecule has 0 bridgehead atoms. The van der Waals surface area contributed by atoms with Gasteiger partial charge >= 0.3 is 0 Å². The van der Waals surface area contributed by atoms with Crippen LogP contribution in [-0.4, -0.2) is 48.0 Å². The molecule has 0 amide bonds. The van der Waals surface area contributed by atoms with Gasteiger partial charge in [0.1, 0.15) is 5.75 Å². The Bertz CT molecular complexity index is 857. The fourth-order valence-corrected chi connectivity index (χ4v) is 4.58. The van der Waals surface area contributed by atoms with Crippen LogP contribution in [0.3, 0.4) is 0 Å². The molecule has 4 rings (SSSR count). The first-order valence-electron chi connectivity index (χ1n) is 11.7. The van der Waals surface area contributed by atoms with Gasteiger partial charge in [0.2, 0.25) is 0 Å². The summed E-state index contributed by atoms with van der Waals surface area (Å²) in [6.45, 7) is 2.75. The lowest BCUT2D eigenvalue weighted by Gasteiger charge is -2.34. The first kappa shape index (κ1) is 21.5. The summed E-state index contributed by atoms with van der Waals surface area (Å²) >= 11 is 0. The van der Waals surface area contributed by atoms with Crippen LogP contribution in [0, 0.1) is 0 Å². The summed E-state index contributed by atoms with van der Waals surface area (Å²) in [5.74, 6) is 1.82. The van der Waals surface area contributed by atoms with Crippen molar-refractivity contribution >= 4 is 11.6 Å². The number of ether oxygens (including phenoxy) is 1. The molecule has 0 radical (unpaired) electrons. The zero-order valence-corrected chi connectivity index (χ0v) is 18.9. The van der Waals surface area contributed by atoms with Crippen LogP contribution in [0.15, 0.2) is 41.7 Å². The molecule has 168 valence electrons. The van der Waals surface area contributed by atoms with Gasteiger partial charge in [-0.25, -0.2) is 0 Å². The maximum atomic E-state index is 6.22. The SMILES string of the molecule is CN=C(NCc1cccc(OC2CCCCC2)c1)NC1CCCN(c2cnn(C)c2)C1. The van der Waals surface area contributed by atoms with Crippen molar-refractivity contribution in [2.75, 3.05) is 25.0 Å². The molecule has 2 aliphatic rings. The minimum Gasteiger partial charge on any atom is -0.490 e. The normalized spacial score (nSPS) is 20.5. The smallest absolute Gasteiger partial charge is 0.191 e.